The largest absolute Gasteiger partial charge is 0.495 e. The van der Waals surface area contributed by atoms with E-state index in [4.69, 9.17) is 32.7 Å². The molecule has 176 valence electrons. The molecule has 1 N–H and O–H groups in total. The number of nitrogens with zero attached hydrogens (tertiary/aromatic N) is 2. The summed E-state index contributed by atoms with van der Waals surface area (Å²) in [5.74, 6) is 0.593. The zero-order valence-electron chi connectivity index (χ0n) is 18.1. The van der Waals surface area contributed by atoms with Gasteiger partial charge in [-0.1, -0.05) is 23.2 Å². The van der Waals surface area contributed by atoms with Crippen LogP contribution in [0.25, 0.3) is 0 Å². The summed E-state index contributed by atoms with van der Waals surface area (Å²) in [5.41, 5.74) is 0.512. The number of ether oxygens (including phenoxy) is 2. The molecule has 0 aliphatic carbocycles. The van der Waals surface area contributed by atoms with Gasteiger partial charge in [-0.15, -0.1) is 11.3 Å². The van der Waals surface area contributed by atoms with Crippen LogP contribution in [-0.4, -0.2) is 58.3 Å². The molecule has 0 bridgehead atoms. The normalized spacial score (nSPS) is 14.9. The summed E-state index contributed by atoms with van der Waals surface area (Å²) in [6.07, 6.45) is -0.350. The number of amides is 1. The molecule has 2 heterocycles. The number of hydrogen-bond acceptors (Lipinski definition) is 7. The van der Waals surface area contributed by atoms with Gasteiger partial charge in [-0.25, -0.2) is 13.2 Å². The Hall–Kier alpha value is -1.88. The van der Waals surface area contributed by atoms with Crippen molar-refractivity contribution in [3.05, 3.63) is 32.9 Å². The van der Waals surface area contributed by atoms with Crippen molar-refractivity contribution in [1.29, 1.82) is 0 Å². The topological polar surface area (TPSA) is 88.2 Å². The first-order valence-electron chi connectivity index (χ1n) is 9.78. The van der Waals surface area contributed by atoms with Gasteiger partial charge in [-0.3, -0.25) is 4.72 Å². The van der Waals surface area contributed by atoms with E-state index in [1.165, 1.54) is 6.07 Å². The Labute approximate surface area is 202 Å². The molecule has 1 fully saturated rings. The van der Waals surface area contributed by atoms with Gasteiger partial charge in [0, 0.05) is 26.2 Å². The summed E-state index contributed by atoms with van der Waals surface area (Å²) in [5, 5.41) is 0. The van der Waals surface area contributed by atoms with Gasteiger partial charge in [0.25, 0.3) is 10.0 Å². The van der Waals surface area contributed by atoms with Gasteiger partial charge in [-0.2, -0.15) is 0 Å². The number of rotatable bonds is 5. The minimum Gasteiger partial charge on any atom is -0.495 e. The summed E-state index contributed by atoms with van der Waals surface area (Å²) < 4.78 is 39.3. The molecule has 12 heteroatoms. The molecule has 0 saturated carbocycles. The van der Waals surface area contributed by atoms with Crippen LogP contribution in [0, 0.1) is 0 Å². The lowest BCUT2D eigenvalue weighted by molar-refractivity contribution is 0.0240. The zero-order valence-corrected chi connectivity index (χ0v) is 21.3. The third-order valence-electron chi connectivity index (χ3n) is 4.62. The van der Waals surface area contributed by atoms with Crippen molar-refractivity contribution in [3.8, 4) is 5.75 Å². The second-order valence-corrected chi connectivity index (χ2v) is 12.1. The summed E-state index contributed by atoms with van der Waals surface area (Å²) >= 11 is 12.9. The predicted molar refractivity (Wildman–Crippen MR) is 128 cm³/mol. The lowest BCUT2D eigenvalue weighted by atomic mass is 10.2. The third-order valence-corrected chi connectivity index (χ3v) is 7.75. The molecule has 1 aliphatic heterocycles. The van der Waals surface area contributed by atoms with E-state index in [1.54, 1.807) is 30.2 Å². The van der Waals surface area contributed by atoms with Crippen molar-refractivity contribution in [3.63, 3.8) is 0 Å². The van der Waals surface area contributed by atoms with Crippen molar-refractivity contribution >= 4 is 62.0 Å². The number of nitrogens with one attached hydrogen (secondary N) is 1. The predicted octanol–water partition coefficient (Wildman–Crippen LogP) is 4.92. The lowest BCUT2D eigenvalue weighted by Gasteiger charge is -2.37. The minimum atomic E-state index is -3.91. The molecule has 3 rings (SSSR count). The van der Waals surface area contributed by atoms with E-state index in [2.05, 4.69) is 4.72 Å². The van der Waals surface area contributed by atoms with Gasteiger partial charge >= 0.3 is 6.09 Å². The molecule has 8 nitrogen and oxygen atoms in total. The Bertz CT molecular complexity index is 1090. The van der Waals surface area contributed by atoms with E-state index in [1.807, 2.05) is 25.7 Å². The molecular weight excluding hydrogens is 497 g/mol. The first-order chi connectivity index (χ1) is 14.9. The van der Waals surface area contributed by atoms with E-state index in [0.29, 0.717) is 43.3 Å². The number of carbonyl (C=O) groups is 1. The van der Waals surface area contributed by atoms with Crippen LogP contribution in [0.2, 0.25) is 8.67 Å². The quantitative estimate of drug-likeness (QED) is 0.600. The van der Waals surface area contributed by atoms with E-state index in [-0.39, 0.29) is 19.7 Å². The molecule has 32 heavy (non-hydrogen) atoms. The Morgan fingerprint density at radius 1 is 1.12 bits per heavy atom. The number of hydrogen-bond donors (Lipinski definition) is 1. The number of carbonyl (C=O) groups excluding carboxylic acids is 1. The van der Waals surface area contributed by atoms with Gasteiger partial charge in [0.05, 0.1) is 22.8 Å². The summed E-state index contributed by atoms with van der Waals surface area (Å²) in [6.45, 7) is 7.50. The molecule has 0 spiro atoms. The van der Waals surface area contributed by atoms with Gasteiger partial charge in [-0.05, 0) is 45.0 Å². The summed E-state index contributed by atoms with van der Waals surface area (Å²) in [7, 11) is -2.36. The number of halogens is 2. The average molecular weight is 522 g/mol. The van der Waals surface area contributed by atoms with Gasteiger partial charge in [0.15, 0.2) is 0 Å². The molecule has 1 amide bonds. The number of methoxy groups -OCH3 is 1. The highest BCUT2D eigenvalue weighted by molar-refractivity contribution is 7.93. The van der Waals surface area contributed by atoms with Crippen molar-refractivity contribution in [2.75, 3.05) is 42.9 Å². The highest BCUT2D eigenvalue weighted by Crippen LogP contribution is 2.37. The molecule has 1 aliphatic rings. The van der Waals surface area contributed by atoms with E-state index < -0.39 is 15.6 Å². The van der Waals surface area contributed by atoms with E-state index in [9.17, 15) is 13.2 Å². The smallest absolute Gasteiger partial charge is 0.410 e. The summed E-state index contributed by atoms with van der Waals surface area (Å²) in [4.78, 5) is 15.9. The Morgan fingerprint density at radius 3 is 2.31 bits per heavy atom. The maximum atomic E-state index is 12.8. The van der Waals surface area contributed by atoms with E-state index >= 15 is 0 Å². The Balaban J connectivity index is 1.76. The number of thiophene rings is 1. The average Bonchev–Trinajstić information content (AvgIpc) is 3.05. The molecule has 0 unspecified atom stereocenters. The van der Waals surface area contributed by atoms with E-state index in [0.717, 1.165) is 11.3 Å². The summed E-state index contributed by atoms with van der Waals surface area (Å²) in [6, 6.07) is 6.31. The maximum Gasteiger partial charge on any atom is 0.410 e. The first kappa shape index (κ1) is 24.8. The highest BCUT2D eigenvalue weighted by atomic mass is 35.5. The lowest BCUT2D eigenvalue weighted by Crippen LogP contribution is -2.50. The maximum absolute atomic E-state index is 12.8. The number of benzene rings is 1. The first-order valence-corrected chi connectivity index (χ1v) is 12.8. The number of sulfonamides is 1. The van der Waals surface area contributed by atoms with Crippen LogP contribution in [-0.2, 0) is 14.8 Å². The van der Waals surface area contributed by atoms with Crippen LogP contribution in [0.15, 0.2) is 29.2 Å². The van der Waals surface area contributed by atoms with Crippen molar-refractivity contribution in [1.82, 2.24) is 4.90 Å². The number of piperazine rings is 1. The minimum absolute atomic E-state index is 0.0718. The van der Waals surface area contributed by atoms with Gasteiger partial charge in [0.2, 0.25) is 0 Å². The fourth-order valence-corrected chi connectivity index (χ4v) is 6.38. The van der Waals surface area contributed by atoms with Gasteiger partial charge in [0.1, 0.15) is 20.6 Å². The molecule has 0 atom stereocenters. The fourth-order valence-electron chi connectivity index (χ4n) is 3.18. The number of anilines is 2. The van der Waals surface area contributed by atoms with Gasteiger partial charge < -0.3 is 19.3 Å². The molecule has 2 aromatic rings. The second-order valence-electron chi connectivity index (χ2n) is 8.14. The third kappa shape index (κ3) is 5.92. The molecular formula is C20H25Cl2N3O5S2. The molecule has 1 saturated heterocycles. The molecule has 1 aromatic carbocycles. The molecule has 1 aromatic heterocycles. The van der Waals surface area contributed by atoms with Crippen molar-refractivity contribution in [2.45, 2.75) is 31.3 Å². The van der Waals surface area contributed by atoms with Crippen LogP contribution in [0.4, 0.5) is 16.2 Å². The standard InChI is InChI=1S/C20H25Cl2N3O5S2/c1-20(2,3)30-19(26)25-9-7-24(8-10-25)14-11-13(5-6-15(14)29-4)23-32(27,28)16-12-17(21)31-18(16)22/h5-6,11-12,23H,7-10H2,1-4H3. The molecule has 0 radical (unpaired) electrons. The fraction of sp³-hybridized carbons (Fsp3) is 0.450. The monoisotopic (exact) mass is 521 g/mol. The van der Waals surface area contributed by atoms with Crippen LogP contribution in [0.1, 0.15) is 20.8 Å². The van der Waals surface area contributed by atoms with Crippen LogP contribution < -0.4 is 14.4 Å². The van der Waals surface area contributed by atoms with Crippen LogP contribution in [0.3, 0.4) is 0 Å². The second kappa shape index (κ2) is 9.54. The zero-order chi connectivity index (χ0) is 23.7. The Kier molecular flexibility index (Phi) is 7.38. The Morgan fingerprint density at radius 2 is 1.78 bits per heavy atom. The highest BCUT2D eigenvalue weighted by Gasteiger charge is 2.27. The van der Waals surface area contributed by atoms with Crippen molar-refractivity contribution in [2.24, 2.45) is 0 Å². The van der Waals surface area contributed by atoms with Crippen LogP contribution in [0.5, 0.6) is 5.75 Å². The van der Waals surface area contributed by atoms with Crippen LogP contribution >= 0.6 is 34.5 Å². The SMILES string of the molecule is COc1ccc(NS(=O)(=O)c2cc(Cl)sc2Cl)cc1N1CCN(C(=O)OC(C)(C)C)CC1. The van der Waals surface area contributed by atoms with Crippen molar-refractivity contribution < 1.29 is 22.7 Å².